The van der Waals surface area contributed by atoms with Gasteiger partial charge in [0.1, 0.15) is 11.3 Å². The number of hydrogen-bond acceptors (Lipinski definition) is 3. The maximum atomic E-state index is 6.44. The van der Waals surface area contributed by atoms with E-state index in [0.717, 1.165) is 52.4 Å². The molecular formula is C46H32N2O. The second-order valence-electron chi connectivity index (χ2n) is 13.2. The molecule has 3 nitrogen and oxygen atoms in total. The molecule has 8 aromatic rings. The minimum absolute atomic E-state index is 0.299. The zero-order chi connectivity index (χ0) is 32.3. The average molecular weight is 629 g/mol. The summed E-state index contributed by atoms with van der Waals surface area (Å²) in [6.07, 6.45) is 18.1. The third-order valence-electron chi connectivity index (χ3n) is 10.4. The Morgan fingerprint density at radius 2 is 1.24 bits per heavy atom. The van der Waals surface area contributed by atoms with Crippen LogP contribution in [0.3, 0.4) is 0 Å². The van der Waals surface area contributed by atoms with Crippen LogP contribution >= 0.6 is 0 Å². The molecule has 0 saturated carbocycles. The number of aryl methyl sites for hydroxylation is 1. The number of benzene rings is 6. The highest BCUT2D eigenvalue weighted by Gasteiger charge is 2.21. The van der Waals surface area contributed by atoms with E-state index in [1.807, 2.05) is 0 Å². The van der Waals surface area contributed by atoms with Gasteiger partial charge in [0.25, 0.3) is 0 Å². The van der Waals surface area contributed by atoms with Gasteiger partial charge in [0, 0.05) is 52.0 Å². The Hall–Kier alpha value is -6.06. The summed E-state index contributed by atoms with van der Waals surface area (Å²) in [4.78, 5) is 9.42. The first-order valence-corrected chi connectivity index (χ1v) is 17.1. The van der Waals surface area contributed by atoms with Gasteiger partial charge in [-0.05, 0) is 75.2 Å². The molecule has 2 heterocycles. The lowest BCUT2D eigenvalue weighted by Gasteiger charge is -2.18. The Morgan fingerprint density at radius 3 is 2.02 bits per heavy atom. The summed E-state index contributed by atoms with van der Waals surface area (Å²) in [5.74, 6) is 1.42. The molecule has 6 aromatic carbocycles. The van der Waals surface area contributed by atoms with Gasteiger partial charge in [0.2, 0.25) is 0 Å². The van der Waals surface area contributed by atoms with Crippen LogP contribution in [0.15, 0.2) is 150 Å². The van der Waals surface area contributed by atoms with Crippen LogP contribution in [0.5, 0.6) is 0 Å². The molecule has 0 spiro atoms. The van der Waals surface area contributed by atoms with Crippen molar-refractivity contribution in [3.05, 3.63) is 168 Å². The summed E-state index contributed by atoms with van der Waals surface area (Å²) in [5.41, 5.74) is 12.8. The van der Waals surface area contributed by atoms with Gasteiger partial charge in [-0.1, -0.05) is 121 Å². The van der Waals surface area contributed by atoms with Crippen molar-refractivity contribution in [1.29, 1.82) is 0 Å². The standard InChI is InChI=1S/C46H32N2O/c1-2-14-39-37(12-1)42-28-35(22-23-40(42)45-44(39)47-24-25-48-45)34-11-6-10-33(27-34)32-9-5-8-31(26-32)29-18-20-30(21-19-29)36-15-7-16-41-38-13-3-4-17-43(38)49-46(36)41/h1-3,5-16,18-20,22-28,30H,4,17,21H2. The van der Waals surface area contributed by atoms with Gasteiger partial charge in [0.15, 0.2) is 0 Å². The van der Waals surface area contributed by atoms with Crippen molar-refractivity contribution in [2.45, 2.75) is 25.2 Å². The molecule has 2 aliphatic carbocycles. The van der Waals surface area contributed by atoms with Crippen molar-refractivity contribution in [2.24, 2.45) is 0 Å². The topological polar surface area (TPSA) is 38.9 Å². The fourth-order valence-electron chi connectivity index (χ4n) is 7.92. The maximum absolute atomic E-state index is 6.44. The first kappa shape index (κ1) is 28.0. The highest BCUT2D eigenvalue weighted by molar-refractivity contribution is 6.23. The molecule has 0 saturated heterocycles. The molecule has 49 heavy (non-hydrogen) atoms. The van der Waals surface area contributed by atoms with Crippen LogP contribution in [0.1, 0.15) is 41.2 Å². The lowest BCUT2D eigenvalue weighted by molar-refractivity contribution is 0.541. The zero-order valence-corrected chi connectivity index (χ0v) is 26.9. The molecule has 232 valence electrons. The van der Waals surface area contributed by atoms with Gasteiger partial charge in [-0.25, -0.2) is 0 Å². The number of furan rings is 1. The zero-order valence-electron chi connectivity index (χ0n) is 26.9. The molecule has 1 unspecified atom stereocenters. The summed E-state index contributed by atoms with van der Waals surface area (Å²) in [5, 5.41) is 5.89. The smallest absolute Gasteiger partial charge is 0.138 e. The summed E-state index contributed by atoms with van der Waals surface area (Å²) < 4.78 is 6.44. The van der Waals surface area contributed by atoms with Gasteiger partial charge in [-0.15, -0.1) is 0 Å². The number of rotatable bonds is 4. The van der Waals surface area contributed by atoms with Crippen LogP contribution in [0.4, 0.5) is 0 Å². The SMILES string of the molecule is C1=Cc2c(oc3c(C4C=CC(c5cccc(-c6cccc(-c7ccc8c(c7)c7ccccc7c7nccnc87)c6)c5)=CC4)cccc23)CC1. The molecule has 0 aliphatic heterocycles. The average Bonchev–Trinajstić information content (AvgIpc) is 3.57. The number of fused-ring (bicyclic) bond motifs is 9. The Bertz CT molecular complexity index is 2670. The summed E-state index contributed by atoms with van der Waals surface area (Å²) >= 11 is 0. The maximum Gasteiger partial charge on any atom is 0.138 e. The van der Waals surface area contributed by atoms with Gasteiger partial charge in [-0.2, -0.15) is 0 Å². The van der Waals surface area contributed by atoms with Crippen molar-refractivity contribution < 1.29 is 4.42 Å². The van der Waals surface area contributed by atoms with Gasteiger partial charge in [0.05, 0.1) is 11.0 Å². The minimum Gasteiger partial charge on any atom is -0.460 e. The number of hydrogen-bond donors (Lipinski definition) is 0. The third kappa shape index (κ3) is 4.65. The van der Waals surface area contributed by atoms with Crippen molar-refractivity contribution in [2.75, 3.05) is 0 Å². The van der Waals surface area contributed by atoms with Crippen molar-refractivity contribution in [3.63, 3.8) is 0 Å². The number of allylic oxidation sites excluding steroid dienone is 5. The van der Waals surface area contributed by atoms with Crippen LogP contribution < -0.4 is 0 Å². The molecule has 10 rings (SSSR count). The van der Waals surface area contributed by atoms with Gasteiger partial charge in [-0.3, -0.25) is 9.97 Å². The summed E-state index contributed by atoms with van der Waals surface area (Å²) in [6.45, 7) is 0. The van der Waals surface area contributed by atoms with Gasteiger partial charge < -0.3 is 4.42 Å². The van der Waals surface area contributed by atoms with E-state index in [2.05, 4.69) is 145 Å². The molecular weight excluding hydrogens is 597 g/mol. The molecule has 0 fully saturated rings. The number of aromatic nitrogens is 2. The fraction of sp³-hybridized carbons (Fsp3) is 0.0870. The first-order valence-electron chi connectivity index (χ1n) is 17.1. The highest BCUT2D eigenvalue weighted by Crippen LogP contribution is 2.40. The lowest BCUT2D eigenvalue weighted by Crippen LogP contribution is -1.99. The Morgan fingerprint density at radius 1 is 0.571 bits per heavy atom. The van der Waals surface area contributed by atoms with E-state index in [9.17, 15) is 0 Å². The van der Waals surface area contributed by atoms with E-state index in [-0.39, 0.29) is 0 Å². The van der Waals surface area contributed by atoms with Crippen LogP contribution in [0.2, 0.25) is 0 Å². The van der Waals surface area contributed by atoms with Crippen LogP contribution in [-0.2, 0) is 6.42 Å². The van der Waals surface area contributed by atoms with E-state index in [1.54, 1.807) is 12.4 Å². The van der Waals surface area contributed by atoms with Crippen molar-refractivity contribution >= 4 is 55.2 Å². The summed E-state index contributed by atoms with van der Waals surface area (Å²) in [7, 11) is 0. The molecule has 0 radical (unpaired) electrons. The Balaban J connectivity index is 0.964. The molecule has 0 N–H and O–H groups in total. The summed E-state index contributed by atoms with van der Waals surface area (Å²) in [6, 6.07) is 39.7. The highest BCUT2D eigenvalue weighted by atomic mass is 16.3. The van der Waals surface area contributed by atoms with Gasteiger partial charge >= 0.3 is 0 Å². The predicted octanol–water partition coefficient (Wildman–Crippen LogP) is 12.1. The van der Waals surface area contributed by atoms with E-state index in [4.69, 9.17) is 9.40 Å². The van der Waals surface area contributed by atoms with E-state index in [1.165, 1.54) is 60.7 Å². The number of nitrogens with zero attached hydrogens (tertiary/aromatic N) is 2. The van der Waals surface area contributed by atoms with Crippen LogP contribution in [0, 0.1) is 0 Å². The molecule has 0 bridgehead atoms. The quantitative estimate of drug-likeness (QED) is 0.182. The molecule has 2 aromatic heterocycles. The second kappa shape index (κ2) is 11.3. The lowest BCUT2D eigenvalue weighted by atomic mass is 9.86. The number of para-hydroxylation sites is 1. The normalized spacial score (nSPS) is 15.7. The van der Waals surface area contributed by atoms with E-state index in [0.29, 0.717) is 5.92 Å². The van der Waals surface area contributed by atoms with E-state index < -0.39 is 0 Å². The fourth-order valence-corrected chi connectivity index (χ4v) is 7.92. The molecule has 1 atom stereocenters. The minimum atomic E-state index is 0.299. The predicted molar refractivity (Wildman–Crippen MR) is 203 cm³/mol. The van der Waals surface area contributed by atoms with Crippen molar-refractivity contribution in [1.82, 2.24) is 9.97 Å². The Kier molecular flexibility index (Phi) is 6.45. The molecule has 2 aliphatic rings. The van der Waals surface area contributed by atoms with Crippen LogP contribution in [-0.4, -0.2) is 9.97 Å². The van der Waals surface area contributed by atoms with E-state index >= 15 is 0 Å². The first-order chi connectivity index (χ1) is 24.3. The Labute approximate surface area is 284 Å². The molecule has 0 amide bonds. The monoisotopic (exact) mass is 628 g/mol. The molecule has 3 heteroatoms. The third-order valence-corrected chi connectivity index (χ3v) is 10.4. The van der Waals surface area contributed by atoms with Crippen LogP contribution in [0.25, 0.3) is 77.5 Å². The van der Waals surface area contributed by atoms with Crippen molar-refractivity contribution in [3.8, 4) is 22.3 Å². The second-order valence-corrected chi connectivity index (χ2v) is 13.2. The largest absolute Gasteiger partial charge is 0.460 e.